The highest BCUT2D eigenvalue weighted by Gasteiger charge is 2.16. The first kappa shape index (κ1) is 12.9. The average Bonchev–Trinajstić information content (AvgIpc) is 2.40. The smallest absolute Gasteiger partial charge is 0.321 e. The third-order valence-corrected chi connectivity index (χ3v) is 3.33. The molecule has 2 amide bonds. The lowest BCUT2D eigenvalue weighted by Crippen LogP contribution is -2.38. The van der Waals surface area contributed by atoms with Crippen LogP contribution in [-0.2, 0) is 0 Å². The van der Waals surface area contributed by atoms with E-state index >= 15 is 0 Å². The van der Waals surface area contributed by atoms with E-state index in [4.69, 9.17) is 5.73 Å². The Morgan fingerprint density at radius 2 is 1.83 bits per heavy atom. The second kappa shape index (κ2) is 5.87. The van der Waals surface area contributed by atoms with Crippen molar-refractivity contribution in [2.75, 3.05) is 18.4 Å². The third-order valence-electron chi connectivity index (χ3n) is 3.33. The molecule has 1 aliphatic heterocycles. The van der Waals surface area contributed by atoms with Crippen molar-refractivity contribution >= 4 is 11.7 Å². The van der Waals surface area contributed by atoms with Crippen LogP contribution in [0.5, 0.6) is 0 Å². The summed E-state index contributed by atoms with van der Waals surface area (Å²) >= 11 is 0. The second-order valence-electron chi connectivity index (χ2n) is 4.89. The molecule has 2 rings (SSSR count). The first-order valence-corrected chi connectivity index (χ1v) is 6.58. The number of benzene rings is 1. The van der Waals surface area contributed by atoms with E-state index < -0.39 is 0 Å². The SMILES string of the molecule is CC(N)c1ccc(NC(=O)N2CCCCC2)cc1. The summed E-state index contributed by atoms with van der Waals surface area (Å²) in [5, 5.41) is 2.92. The maximum absolute atomic E-state index is 12.0. The van der Waals surface area contributed by atoms with E-state index in [0.717, 1.165) is 37.2 Å². The summed E-state index contributed by atoms with van der Waals surface area (Å²) in [6.07, 6.45) is 3.45. The predicted molar refractivity (Wildman–Crippen MR) is 73.5 cm³/mol. The fraction of sp³-hybridized carbons (Fsp3) is 0.500. The summed E-state index contributed by atoms with van der Waals surface area (Å²) in [4.78, 5) is 13.9. The van der Waals surface area contributed by atoms with Crippen molar-refractivity contribution in [3.63, 3.8) is 0 Å². The van der Waals surface area contributed by atoms with Crippen molar-refractivity contribution in [1.29, 1.82) is 0 Å². The molecule has 1 atom stereocenters. The van der Waals surface area contributed by atoms with Crippen molar-refractivity contribution in [2.45, 2.75) is 32.2 Å². The average molecular weight is 247 g/mol. The van der Waals surface area contributed by atoms with Crippen LogP contribution in [0.2, 0.25) is 0 Å². The molecule has 1 heterocycles. The minimum atomic E-state index is 0.00301. The van der Waals surface area contributed by atoms with Gasteiger partial charge in [-0.3, -0.25) is 0 Å². The first-order chi connectivity index (χ1) is 8.66. The fourth-order valence-electron chi connectivity index (χ4n) is 2.17. The molecule has 4 nitrogen and oxygen atoms in total. The second-order valence-corrected chi connectivity index (χ2v) is 4.89. The molecule has 0 bridgehead atoms. The van der Waals surface area contributed by atoms with Crippen molar-refractivity contribution in [3.8, 4) is 0 Å². The van der Waals surface area contributed by atoms with Gasteiger partial charge in [0.25, 0.3) is 0 Å². The van der Waals surface area contributed by atoms with Crippen LogP contribution in [0.25, 0.3) is 0 Å². The lowest BCUT2D eigenvalue weighted by atomic mass is 10.1. The number of nitrogens with two attached hydrogens (primary N) is 1. The Morgan fingerprint density at radius 3 is 2.39 bits per heavy atom. The number of urea groups is 1. The molecule has 1 aromatic rings. The van der Waals surface area contributed by atoms with Gasteiger partial charge in [0.15, 0.2) is 0 Å². The number of carbonyl (C=O) groups excluding carboxylic acids is 1. The minimum Gasteiger partial charge on any atom is -0.325 e. The van der Waals surface area contributed by atoms with Crippen LogP contribution >= 0.6 is 0 Å². The lowest BCUT2D eigenvalue weighted by molar-refractivity contribution is 0.200. The third kappa shape index (κ3) is 3.23. The molecule has 1 aliphatic rings. The van der Waals surface area contributed by atoms with Crippen LogP contribution in [0.4, 0.5) is 10.5 Å². The van der Waals surface area contributed by atoms with Gasteiger partial charge in [0.1, 0.15) is 0 Å². The molecule has 18 heavy (non-hydrogen) atoms. The van der Waals surface area contributed by atoms with E-state index in [0.29, 0.717) is 0 Å². The monoisotopic (exact) mass is 247 g/mol. The molecule has 3 N–H and O–H groups in total. The highest BCUT2D eigenvalue weighted by Crippen LogP contribution is 2.16. The number of rotatable bonds is 2. The van der Waals surface area contributed by atoms with E-state index in [1.165, 1.54) is 6.42 Å². The Bertz CT molecular complexity index is 394. The summed E-state index contributed by atoms with van der Waals surface area (Å²) in [5.74, 6) is 0. The highest BCUT2D eigenvalue weighted by molar-refractivity contribution is 5.89. The van der Waals surface area contributed by atoms with E-state index in [1.807, 2.05) is 36.1 Å². The molecule has 0 aliphatic carbocycles. The Kier molecular flexibility index (Phi) is 4.20. The zero-order chi connectivity index (χ0) is 13.0. The molecule has 1 fully saturated rings. The molecular weight excluding hydrogens is 226 g/mol. The standard InChI is InChI=1S/C14H21N3O/c1-11(15)12-5-7-13(8-6-12)16-14(18)17-9-3-2-4-10-17/h5-8,11H,2-4,9-10,15H2,1H3,(H,16,18). The maximum Gasteiger partial charge on any atom is 0.321 e. The Balaban J connectivity index is 1.94. The van der Waals surface area contributed by atoms with Gasteiger partial charge >= 0.3 is 6.03 Å². The fourth-order valence-corrected chi connectivity index (χ4v) is 2.17. The number of likely N-dealkylation sites (tertiary alicyclic amines) is 1. The zero-order valence-corrected chi connectivity index (χ0v) is 10.9. The maximum atomic E-state index is 12.0. The van der Waals surface area contributed by atoms with Crippen LogP contribution < -0.4 is 11.1 Å². The normalized spacial score (nSPS) is 17.3. The molecule has 0 radical (unpaired) electrons. The minimum absolute atomic E-state index is 0.00301. The predicted octanol–water partition coefficient (Wildman–Crippen LogP) is 2.72. The largest absolute Gasteiger partial charge is 0.325 e. The summed E-state index contributed by atoms with van der Waals surface area (Å²) in [6, 6.07) is 7.74. The van der Waals surface area contributed by atoms with Crippen LogP contribution in [0, 0.1) is 0 Å². The lowest BCUT2D eigenvalue weighted by Gasteiger charge is -2.26. The number of nitrogens with zero attached hydrogens (tertiary/aromatic N) is 1. The highest BCUT2D eigenvalue weighted by atomic mass is 16.2. The van der Waals surface area contributed by atoms with Crippen molar-refractivity contribution in [1.82, 2.24) is 4.90 Å². The molecule has 1 aromatic carbocycles. The van der Waals surface area contributed by atoms with Gasteiger partial charge < -0.3 is 16.0 Å². The van der Waals surface area contributed by atoms with E-state index in [1.54, 1.807) is 0 Å². The topological polar surface area (TPSA) is 58.4 Å². The van der Waals surface area contributed by atoms with Crippen LogP contribution in [0.1, 0.15) is 37.8 Å². The van der Waals surface area contributed by atoms with Crippen LogP contribution in [0.3, 0.4) is 0 Å². The number of amides is 2. The number of nitrogens with one attached hydrogen (secondary N) is 1. The van der Waals surface area contributed by atoms with Crippen molar-refractivity contribution in [3.05, 3.63) is 29.8 Å². The Labute approximate surface area is 108 Å². The number of hydrogen-bond donors (Lipinski definition) is 2. The molecule has 4 heteroatoms. The van der Waals surface area contributed by atoms with E-state index in [9.17, 15) is 4.79 Å². The van der Waals surface area contributed by atoms with E-state index in [2.05, 4.69) is 5.32 Å². The Hall–Kier alpha value is -1.55. The zero-order valence-electron chi connectivity index (χ0n) is 10.9. The van der Waals surface area contributed by atoms with E-state index in [-0.39, 0.29) is 12.1 Å². The summed E-state index contributed by atoms with van der Waals surface area (Å²) < 4.78 is 0. The number of piperidine rings is 1. The van der Waals surface area contributed by atoms with Crippen molar-refractivity contribution in [2.24, 2.45) is 5.73 Å². The summed E-state index contributed by atoms with van der Waals surface area (Å²) in [5.41, 5.74) is 7.69. The van der Waals surface area contributed by atoms with Gasteiger partial charge in [0, 0.05) is 24.8 Å². The quantitative estimate of drug-likeness (QED) is 0.844. The van der Waals surface area contributed by atoms with Gasteiger partial charge in [0.2, 0.25) is 0 Å². The van der Waals surface area contributed by atoms with Gasteiger partial charge in [-0.05, 0) is 43.9 Å². The molecule has 1 saturated heterocycles. The van der Waals surface area contributed by atoms with Gasteiger partial charge in [-0.2, -0.15) is 0 Å². The van der Waals surface area contributed by atoms with Gasteiger partial charge in [-0.1, -0.05) is 12.1 Å². The molecule has 0 aromatic heterocycles. The molecular formula is C14H21N3O. The Morgan fingerprint density at radius 1 is 1.22 bits per heavy atom. The summed E-state index contributed by atoms with van der Waals surface area (Å²) in [7, 11) is 0. The number of anilines is 1. The number of carbonyl (C=O) groups is 1. The molecule has 0 saturated carbocycles. The first-order valence-electron chi connectivity index (χ1n) is 6.58. The molecule has 1 unspecified atom stereocenters. The van der Waals surface area contributed by atoms with Crippen molar-refractivity contribution < 1.29 is 4.79 Å². The molecule has 0 spiro atoms. The van der Waals surface area contributed by atoms with Gasteiger partial charge in [0.05, 0.1) is 0 Å². The molecule has 98 valence electrons. The summed E-state index contributed by atoms with van der Waals surface area (Å²) in [6.45, 7) is 3.68. The van der Waals surface area contributed by atoms with Crippen LogP contribution in [0.15, 0.2) is 24.3 Å². The van der Waals surface area contributed by atoms with Gasteiger partial charge in [-0.15, -0.1) is 0 Å². The number of hydrogen-bond acceptors (Lipinski definition) is 2. The van der Waals surface area contributed by atoms with Gasteiger partial charge in [-0.25, -0.2) is 4.79 Å². The van der Waals surface area contributed by atoms with Crippen LogP contribution in [-0.4, -0.2) is 24.0 Å².